The number of ether oxygens (including phenoxy) is 1. The van der Waals surface area contributed by atoms with Crippen LogP contribution in [0.5, 0.6) is 0 Å². The van der Waals surface area contributed by atoms with Crippen molar-refractivity contribution in [2.45, 2.75) is 17.7 Å². The first-order valence-corrected chi connectivity index (χ1v) is 5.48. The minimum atomic E-state index is -1.20. The molecular formula is C8H8N2O4S. The highest BCUT2D eigenvalue weighted by atomic mass is 32.2. The van der Waals surface area contributed by atoms with Crippen LogP contribution in [0.3, 0.4) is 0 Å². The summed E-state index contributed by atoms with van der Waals surface area (Å²) < 4.78 is 4.64. The molecule has 0 aliphatic carbocycles. The van der Waals surface area contributed by atoms with Gasteiger partial charge in [-0.25, -0.2) is 4.79 Å². The van der Waals surface area contributed by atoms with Gasteiger partial charge in [0, 0.05) is 11.3 Å². The maximum Gasteiger partial charge on any atom is 0.357 e. The molecule has 3 aliphatic heterocycles. The lowest BCUT2D eigenvalue weighted by Gasteiger charge is -2.46. The lowest BCUT2D eigenvalue weighted by atomic mass is 10.0. The summed E-state index contributed by atoms with van der Waals surface area (Å²) in [6, 6.07) is -0.547. The van der Waals surface area contributed by atoms with E-state index in [2.05, 4.69) is 4.74 Å². The molecule has 0 aromatic heterocycles. The average molecular weight is 228 g/mol. The number of amides is 1. The van der Waals surface area contributed by atoms with Crippen molar-refractivity contribution < 1.29 is 19.4 Å². The molecule has 80 valence electrons. The van der Waals surface area contributed by atoms with Crippen LogP contribution in [-0.4, -0.2) is 45.3 Å². The molecule has 3 rings (SSSR count). The summed E-state index contributed by atoms with van der Waals surface area (Å²) in [5.74, 6) is -0.446. The summed E-state index contributed by atoms with van der Waals surface area (Å²) in [6.45, 7) is 0. The Morgan fingerprint density at radius 3 is 3.00 bits per heavy atom. The first-order valence-electron chi connectivity index (χ1n) is 4.43. The van der Waals surface area contributed by atoms with Crippen LogP contribution in [0.1, 0.15) is 0 Å². The van der Waals surface area contributed by atoms with Crippen molar-refractivity contribution in [2.24, 2.45) is 5.73 Å². The Balaban J connectivity index is 2.03. The molecule has 0 spiro atoms. The number of esters is 1. The average Bonchev–Trinajstić information content (AvgIpc) is 2.52. The molecular weight excluding hydrogens is 220 g/mol. The van der Waals surface area contributed by atoms with Gasteiger partial charge in [0.15, 0.2) is 0 Å². The molecule has 0 radical (unpaired) electrons. The van der Waals surface area contributed by atoms with Crippen LogP contribution in [0.15, 0.2) is 11.3 Å². The van der Waals surface area contributed by atoms with Gasteiger partial charge >= 0.3 is 5.97 Å². The predicted molar refractivity (Wildman–Crippen MR) is 50.2 cm³/mol. The SMILES string of the molecule is NC1C(=O)N2C3=C(CSC12)C(O)OC3=O. The number of carbonyl (C=O) groups excluding carboxylic acids is 2. The van der Waals surface area contributed by atoms with Crippen LogP contribution in [0.25, 0.3) is 0 Å². The van der Waals surface area contributed by atoms with Crippen molar-refractivity contribution in [1.29, 1.82) is 0 Å². The van der Waals surface area contributed by atoms with Crippen molar-refractivity contribution >= 4 is 23.6 Å². The third kappa shape index (κ3) is 0.973. The number of fused-ring (bicyclic) bond motifs is 2. The van der Waals surface area contributed by atoms with E-state index in [4.69, 9.17) is 5.73 Å². The van der Waals surface area contributed by atoms with E-state index in [1.54, 1.807) is 0 Å². The van der Waals surface area contributed by atoms with Gasteiger partial charge in [0.25, 0.3) is 0 Å². The van der Waals surface area contributed by atoms with Gasteiger partial charge in [-0.15, -0.1) is 11.8 Å². The quantitative estimate of drug-likeness (QED) is 0.381. The second kappa shape index (κ2) is 2.75. The maximum absolute atomic E-state index is 11.5. The van der Waals surface area contributed by atoms with Gasteiger partial charge in [-0.1, -0.05) is 0 Å². The molecule has 6 nitrogen and oxygen atoms in total. The monoisotopic (exact) mass is 228 g/mol. The maximum atomic E-state index is 11.5. The van der Waals surface area contributed by atoms with Gasteiger partial charge in [-0.2, -0.15) is 0 Å². The van der Waals surface area contributed by atoms with Gasteiger partial charge in [0.05, 0.1) is 0 Å². The third-order valence-corrected chi connectivity index (χ3v) is 4.07. The molecule has 0 saturated carbocycles. The van der Waals surface area contributed by atoms with E-state index in [0.29, 0.717) is 11.3 Å². The largest absolute Gasteiger partial charge is 0.427 e. The molecule has 3 atom stereocenters. The first kappa shape index (κ1) is 9.20. The first-order chi connectivity index (χ1) is 7.11. The topological polar surface area (TPSA) is 92.9 Å². The van der Waals surface area contributed by atoms with Crippen LogP contribution in [0.4, 0.5) is 0 Å². The molecule has 1 amide bonds. The normalized spacial score (nSPS) is 38.5. The van der Waals surface area contributed by atoms with Crippen LogP contribution < -0.4 is 5.73 Å². The van der Waals surface area contributed by atoms with Gasteiger partial charge < -0.3 is 15.6 Å². The minimum absolute atomic E-state index is 0.186. The van der Waals surface area contributed by atoms with Crippen LogP contribution in [-0.2, 0) is 14.3 Å². The van der Waals surface area contributed by atoms with E-state index in [0.717, 1.165) is 0 Å². The van der Waals surface area contributed by atoms with E-state index < -0.39 is 18.3 Å². The second-order valence-electron chi connectivity index (χ2n) is 3.57. The molecule has 1 fully saturated rings. The van der Waals surface area contributed by atoms with Crippen molar-refractivity contribution in [2.75, 3.05) is 5.75 Å². The molecule has 3 unspecified atom stereocenters. The van der Waals surface area contributed by atoms with E-state index in [9.17, 15) is 14.7 Å². The Labute approximate surface area is 89.0 Å². The van der Waals surface area contributed by atoms with E-state index in [-0.39, 0.29) is 17.0 Å². The van der Waals surface area contributed by atoms with Gasteiger partial charge in [0.2, 0.25) is 12.2 Å². The standard InChI is InChI=1S/C8H8N2O4S/c9-3-5(11)10-4-2(1-15-6(3)10)7(12)14-8(4)13/h3,6-7,12H,1,9H2. The highest BCUT2D eigenvalue weighted by Gasteiger charge is 2.55. The lowest BCUT2D eigenvalue weighted by Crippen LogP contribution is -2.68. The zero-order valence-electron chi connectivity index (χ0n) is 7.54. The Kier molecular flexibility index (Phi) is 1.68. The number of aliphatic hydroxyl groups is 1. The number of nitrogens with two attached hydrogens (primary N) is 1. The number of thioether (sulfide) groups is 1. The Hall–Kier alpha value is -1.05. The second-order valence-corrected chi connectivity index (χ2v) is 4.67. The molecule has 0 aromatic rings. The predicted octanol–water partition coefficient (Wildman–Crippen LogP) is -1.64. The fourth-order valence-electron chi connectivity index (χ4n) is 1.95. The summed E-state index contributed by atoms with van der Waals surface area (Å²) in [4.78, 5) is 24.2. The highest BCUT2D eigenvalue weighted by Crippen LogP contribution is 2.43. The number of cyclic esters (lactones) is 1. The van der Waals surface area contributed by atoms with Crippen molar-refractivity contribution in [3.63, 3.8) is 0 Å². The van der Waals surface area contributed by atoms with Crippen molar-refractivity contribution in [1.82, 2.24) is 4.90 Å². The van der Waals surface area contributed by atoms with Gasteiger partial charge in [0.1, 0.15) is 17.1 Å². The summed E-state index contributed by atoms with van der Waals surface area (Å²) in [5, 5.41) is 9.21. The summed E-state index contributed by atoms with van der Waals surface area (Å²) >= 11 is 1.44. The molecule has 0 aromatic carbocycles. The fourth-order valence-corrected chi connectivity index (χ4v) is 3.26. The van der Waals surface area contributed by atoms with Crippen LogP contribution in [0.2, 0.25) is 0 Å². The van der Waals surface area contributed by atoms with E-state index in [1.807, 2.05) is 0 Å². The number of aliphatic hydroxyl groups excluding tert-OH is 1. The molecule has 7 heteroatoms. The number of β-lactam (4-membered cyclic amide) rings is 1. The van der Waals surface area contributed by atoms with Crippen molar-refractivity contribution in [3.05, 3.63) is 11.3 Å². The molecule has 3 N–H and O–H groups in total. The van der Waals surface area contributed by atoms with Gasteiger partial charge in [-0.05, 0) is 0 Å². The van der Waals surface area contributed by atoms with Crippen LogP contribution in [0, 0.1) is 0 Å². The molecule has 1 saturated heterocycles. The number of carbonyl (C=O) groups is 2. The molecule has 15 heavy (non-hydrogen) atoms. The van der Waals surface area contributed by atoms with Gasteiger partial charge in [-0.3, -0.25) is 9.69 Å². The smallest absolute Gasteiger partial charge is 0.357 e. The molecule has 0 bridgehead atoms. The van der Waals surface area contributed by atoms with E-state index >= 15 is 0 Å². The Morgan fingerprint density at radius 1 is 1.53 bits per heavy atom. The summed E-state index contributed by atoms with van der Waals surface area (Å²) in [5.41, 5.74) is 6.26. The van der Waals surface area contributed by atoms with Crippen molar-refractivity contribution in [3.8, 4) is 0 Å². The summed E-state index contributed by atoms with van der Waals surface area (Å²) in [6.07, 6.45) is -1.20. The number of rotatable bonds is 0. The lowest BCUT2D eigenvalue weighted by molar-refractivity contribution is -0.156. The van der Waals surface area contributed by atoms with Crippen LogP contribution >= 0.6 is 11.8 Å². The zero-order valence-corrected chi connectivity index (χ0v) is 8.36. The molecule has 3 heterocycles. The number of nitrogens with zero attached hydrogens (tertiary/aromatic N) is 1. The zero-order chi connectivity index (χ0) is 10.7. The highest BCUT2D eigenvalue weighted by molar-refractivity contribution is 8.00. The third-order valence-electron chi connectivity index (χ3n) is 2.75. The number of hydrogen-bond donors (Lipinski definition) is 2. The molecule has 3 aliphatic rings. The minimum Gasteiger partial charge on any atom is -0.427 e. The Morgan fingerprint density at radius 2 is 2.27 bits per heavy atom. The fraction of sp³-hybridized carbons (Fsp3) is 0.500. The summed E-state index contributed by atoms with van der Waals surface area (Å²) in [7, 11) is 0. The Bertz CT molecular complexity index is 407. The number of hydrogen-bond acceptors (Lipinski definition) is 6. The van der Waals surface area contributed by atoms with E-state index in [1.165, 1.54) is 16.7 Å².